The first-order valence-electron chi connectivity index (χ1n) is 6.35. The minimum Gasteiger partial charge on any atom is -0.497 e. The number of hydrazone groups is 1. The van der Waals surface area contributed by atoms with Crippen molar-refractivity contribution in [2.45, 2.75) is 19.4 Å². The third kappa shape index (κ3) is 3.34. The molecule has 2 amide bonds. The molecule has 0 unspecified atom stereocenters. The predicted molar refractivity (Wildman–Crippen MR) is 74.3 cm³/mol. The van der Waals surface area contributed by atoms with Crippen molar-refractivity contribution in [2.24, 2.45) is 5.10 Å². The fourth-order valence-electron chi connectivity index (χ4n) is 1.90. The second-order valence-electron chi connectivity index (χ2n) is 4.50. The standard InChI is InChI=1S/C14H17N3O3/c1-17-13(18)7-6-12(16-17)14(19)15-9-10-4-3-5-11(8-10)20-2/h3-5,8H,6-7,9H2,1-2H3,(H,15,19). The molecule has 0 fully saturated rings. The fraction of sp³-hybridized carbons (Fsp3) is 0.357. The molecule has 1 aromatic carbocycles. The summed E-state index contributed by atoms with van der Waals surface area (Å²) in [5.41, 5.74) is 1.33. The summed E-state index contributed by atoms with van der Waals surface area (Å²) in [7, 11) is 3.15. The molecule has 1 aliphatic rings. The van der Waals surface area contributed by atoms with Crippen LogP contribution in [0.4, 0.5) is 0 Å². The lowest BCUT2D eigenvalue weighted by molar-refractivity contribution is -0.130. The maximum Gasteiger partial charge on any atom is 0.267 e. The van der Waals surface area contributed by atoms with Gasteiger partial charge in [0.25, 0.3) is 5.91 Å². The highest BCUT2D eigenvalue weighted by atomic mass is 16.5. The molecular weight excluding hydrogens is 258 g/mol. The number of nitrogens with one attached hydrogen (secondary N) is 1. The molecule has 6 nitrogen and oxygen atoms in total. The van der Waals surface area contributed by atoms with Crippen LogP contribution in [0.2, 0.25) is 0 Å². The average Bonchev–Trinajstić information content (AvgIpc) is 2.47. The number of hydrogen-bond donors (Lipinski definition) is 1. The van der Waals surface area contributed by atoms with Crippen molar-refractivity contribution in [1.82, 2.24) is 10.3 Å². The van der Waals surface area contributed by atoms with Crippen LogP contribution in [0, 0.1) is 0 Å². The van der Waals surface area contributed by atoms with E-state index in [1.165, 1.54) is 5.01 Å². The molecular formula is C14H17N3O3. The van der Waals surface area contributed by atoms with Crippen molar-refractivity contribution in [1.29, 1.82) is 0 Å². The maximum atomic E-state index is 12.0. The van der Waals surface area contributed by atoms with Gasteiger partial charge in [-0.05, 0) is 17.7 Å². The molecule has 0 saturated carbocycles. The minimum atomic E-state index is -0.243. The number of nitrogens with zero attached hydrogens (tertiary/aromatic N) is 2. The van der Waals surface area contributed by atoms with Crippen LogP contribution < -0.4 is 10.1 Å². The van der Waals surface area contributed by atoms with Gasteiger partial charge in [-0.25, -0.2) is 5.01 Å². The molecule has 0 aromatic heterocycles. The molecule has 0 atom stereocenters. The number of methoxy groups -OCH3 is 1. The third-order valence-electron chi connectivity index (χ3n) is 3.06. The van der Waals surface area contributed by atoms with Crippen LogP contribution in [-0.2, 0) is 16.1 Å². The first kappa shape index (κ1) is 14.0. The van der Waals surface area contributed by atoms with Crippen molar-refractivity contribution < 1.29 is 14.3 Å². The minimum absolute atomic E-state index is 0.0747. The Bertz CT molecular complexity index is 554. The highest BCUT2D eigenvalue weighted by Crippen LogP contribution is 2.12. The number of benzene rings is 1. The van der Waals surface area contributed by atoms with Crippen molar-refractivity contribution in [2.75, 3.05) is 14.2 Å². The van der Waals surface area contributed by atoms with Crippen LogP contribution in [-0.4, -0.2) is 36.7 Å². The van der Waals surface area contributed by atoms with E-state index in [4.69, 9.17) is 4.74 Å². The number of carbonyl (C=O) groups is 2. The summed E-state index contributed by atoms with van der Waals surface area (Å²) < 4.78 is 5.12. The normalized spacial score (nSPS) is 14.8. The van der Waals surface area contributed by atoms with Crippen LogP contribution in [0.25, 0.3) is 0 Å². The number of ether oxygens (including phenoxy) is 1. The van der Waals surface area contributed by atoms with Crippen LogP contribution in [0.5, 0.6) is 5.75 Å². The van der Waals surface area contributed by atoms with Gasteiger partial charge in [-0.3, -0.25) is 9.59 Å². The number of amides is 2. The molecule has 0 radical (unpaired) electrons. The summed E-state index contributed by atoms with van der Waals surface area (Å²) in [4.78, 5) is 23.3. The van der Waals surface area contributed by atoms with Crippen LogP contribution in [0.15, 0.2) is 29.4 Å². The third-order valence-corrected chi connectivity index (χ3v) is 3.06. The Morgan fingerprint density at radius 1 is 1.45 bits per heavy atom. The molecule has 0 spiro atoms. The molecule has 20 heavy (non-hydrogen) atoms. The molecule has 2 rings (SSSR count). The van der Waals surface area contributed by atoms with Crippen LogP contribution in [0.3, 0.4) is 0 Å². The highest BCUT2D eigenvalue weighted by molar-refractivity contribution is 6.39. The first-order valence-corrected chi connectivity index (χ1v) is 6.35. The zero-order valence-corrected chi connectivity index (χ0v) is 11.5. The SMILES string of the molecule is COc1cccc(CNC(=O)C2=NN(C)C(=O)CC2)c1. The van der Waals surface area contributed by atoms with E-state index in [0.29, 0.717) is 25.1 Å². The fourth-order valence-corrected chi connectivity index (χ4v) is 1.90. The molecule has 0 saturated heterocycles. The van der Waals surface area contributed by atoms with E-state index in [9.17, 15) is 9.59 Å². The second-order valence-corrected chi connectivity index (χ2v) is 4.50. The van der Waals surface area contributed by atoms with E-state index in [0.717, 1.165) is 11.3 Å². The average molecular weight is 275 g/mol. The monoisotopic (exact) mass is 275 g/mol. The molecule has 1 aliphatic heterocycles. The molecule has 0 aliphatic carbocycles. The van der Waals surface area contributed by atoms with Gasteiger partial charge in [0.2, 0.25) is 5.91 Å². The van der Waals surface area contributed by atoms with E-state index in [1.807, 2.05) is 24.3 Å². The maximum absolute atomic E-state index is 12.0. The van der Waals surface area contributed by atoms with Crippen molar-refractivity contribution in [3.63, 3.8) is 0 Å². The van der Waals surface area contributed by atoms with E-state index < -0.39 is 0 Å². The summed E-state index contributed by atoms with van der Waals surface area (Å²) >= 11 is 0. The summed E-state index contributed by atoms with van der Waals surface area (Å²) in [6.45, 7) is 0.396. The predicted octanol–water partition coefficient (Wildman–Crippen LogP) is 0.920. The van der Waals surface area contributed by atoms with Crippen molar-refractivity contribution >= 4 is 17.5 Å². The Balaban J connectivity index is 1.95. The number of hydrogen-bond acceptors (Lipinski definition) is 4. The summed E-state index contributed by atoms with van der Waals surface area (Å²) in [6, 6.07) is 7.47. The number of carbonyl (C=O) groups excluding carboxylic acids is 2. The zero-order valence-electron chi connectivity index (χ0n) is 11.5. The van der Waals surface area contributed by atoms with Gasteiger partial charge in [0.15, 0.2) is 0 Å². The Morgan fingerprint density at radius 2 is 2.25 bits per heavy atom. The molecule has 1 heterocycles. The van der Waals surface area contributed by atoms with Crippen LogP contribution >= 0.6 is 0 Å². The molecule has 0 bridgehead atoms. The smallest absolute Gasteiger partial charge is 0.267 e. The lowest BCUT2D eigenvalue weighted by atomic mass is 10.1. The highest BCUT2D eigenvalue weighted by Gasteiger charge is 2.21. The van der Waals surface area contributed by atoms with Gasteiger partial charge in [0.05, 0.1) is 7.11 Å². The summed E-state index contributed by atoms with van der Waals surface area (Å²) in [5, 5.41) is 7.98. The summed E-state index contributed by atoms with van der Waals surface area (Å²) in [5.74, 6) is 0.429. The van der Waals surface area contributed by atoms with Gasteiger partial charge < -0.3 is 10.1 Å². The molecule has 6 heteroatoms. The van der Waals surface area contributed by atoms with Gasteiger partial charge in [-0.1, -0.05) is 12.1 Å². The van der Waals surface area contributed by atoms with Crippen LogP contribution in [0.1, 0.15) is 18.4 Å². The first-order chi connectivity index (χ1) is 9.60. The number of rotatable bonds is 4. The second kappa shape index (κ2) is 6.18. The van der Waals surface area contributed by atoms with Gasteiger partial charge in [0, 0.05) is 26.4 Å². The topological polar surface area (TPSA) is 71.0 Å². The Morgan fingerprint density at radius 3 is 2.95 bits per heavy atom. The molecule has 1 aromatic rings. The van der Waals surface area contributed by atoms with E-state index in [-0.39, 0.29) is 11.8 Å². The van der Waals surface area contributed by atoms with Crippen molar-refractivity contribution in [3.8, 4) is 5.75 Å². The lowest BCUT2D eigenvalue weighted by Gasteiger charge is -2.18. The Hall–Kier alpha value is -2.37. The largest absolute Gasteiger partial charge is 0.497 e. The Kier molecular flexibility index (Phi) is 4.34. The zero-order chi connectivity index (χ0) is 14.5. The van der Waals surface area contributed by atoms with E-state index >= 15 is 0 Å². The summed E-state index contributed by atoms with van der Waals surface area (Å²) in [6.07, 6.45) is 0.703. The van der Waals surface area contributed by atoms with Gasteiger partial charge in [-0.15, -0.1) is 0 Å². The van der Waals surface area contributed by atoms with Gasteiger partial charge >= 0.3 is 0 Å². The Labute approximate surface area is 117 Å². The molecule has 1 N–H and O–H groups in total. The van der Waals surface area contributed by atoms with E-state index in [2.05, 4.69) is 10.4 Å². The van der Waals surface area contributed by atoms with Crippen molar-refractivity contribution in [3.05, 3.63) is 29.8 Å². The molecule has 106 valence electrons. The quantitative estimate of drug-likeness (QED) is 0.888. The van der Waals surface area contributed by atoms with Gasteiger partial charge in [-0.2, -0.15) is 5.10 Å². The lowest BCUT2D eigenvalue weighted by Crippen LogP contribution is -2.37. The van der Waals surface area contributed by atoms with E-state index in [1.54, 1.807) is 14.2 Å². The van der Waals surface area contributed by atoms with Gasteiger partial charge in [0.1, 0.15) is 11.5 Å².